The van der Waals surface area contributed by atoms with Crippen LogP contribution in [0.4, 0.5) is 0 Å². The molecule has 0 amide bonds. The van der Waals surface area contributed by atoms with Crippen LogP contribution in [0.3, 0.4) is 0 Å². The van der Waals surface area contributed by atoms with Crippen LogP contribution in [0, 0.1) is 13.8 Å². The number of aryl methyl sites for hydroxylation is 2. The summed E-state index contributed by atoms with van der Waals surface area (Å²) < 4.78 is 2.11. The highest BCUT2D eigenvalue weighted by molar-refractivity contribution is 7.99. The van der Waals surface area contributed by atoms with Crippen LogP contribution in [-0.2, 0) is 0 Å². The second-order valence-corrected chi connectivity index (χ2v) is 7.02. The van der Waals surface area contributed by atoms with Crippen LogP contribution >= 0.6 is 23.4 Å². The molecule has 118 valence electrons. The second-order valence-electron chi connectivity index (χ2n) is 5.35. The average Bonchev–Trinajstić information content (AvgIpc) is 2.95. The fourth-order valence-electron chi connectivity index (χ4n) is 2.38. The number of halogens is 1. The van der Waals surface area contributed by atoms with E-state index in [-0.39, 0.29) is 0 Å². The first kappa shape index (κ1) is 16.1. The molecule has 3 aromatic rings. The largest absolute Gasteiger partial charge is 0.270 e. The summed E-state index contributed by atoms with van der Waals surface area (Å²) in [5.74, 6) is 1.78. The van der Waals surface area contributed by atoms with Crippen molar-refractivity contribution in [1.82, 2.24) is 14.8 Å². The molecular weight excluding hydrogens is 326 g/mol. The van der Waals surface area contributed by atoms with Gasteiger partial charge in [0.15, 0.2) is 11.0 Å². The van der Waals surface area contributed by atoms with Gasteiger partial charge in [0.1, 0.15) is 0 Å². The van der Waals surface area contributed by atoms with E-state index in [2.05, 4.69) is 53.7 Å². The minimum atomic E-state index is 0.717. The van der Waals surface area contributed by atoms with Crippen molar-refractivity contribution in [2.24, 2.45) is 0 Å². The third-order valence-corrected chi connectivity index (χ3v) is 4.82. The predicted molar refractivity (Wildman–Crippen MR) is 97.7 cm³/mol. The number of benzene rings is 2. The predicted octanol–water partition coefficient (Wildman–Crippen LogP) is 5.32. The van der Waals surface area contributed by atoms with E-state index in [9.17, 15) is 0 Å². The third kappa shape index (κ3) is 3.28. The van der Waals surface area contributed by atoms with Gasteiger partial charge >= 0.3 is 0 Å². The maximum absolute atomic E-state index is 6.00. The van der Waals surface area contributed by atoms with Crippen LogP contribution in [-0.4, -0.2) is 20.5 Å². The molecule has 0 bridgehead atoms. The number of rotatable bonds is 4. The van der Waals surface area contributed by atoms with Gasteiger partial charge in [-0.1, -0.05) is 36.4 Å². The lowest BCUT2D eigenvalue weighted by Crippen LogP contribution is -2.00. The Morgan fingerprint density at radius 1 is 1.00 bits per heavy atom. The number of hydrogen-bond acceptors (Lipinski definition) is 3. The fraction of sp³-hybridized carbons (Fsp3) is 0.222. The van der Waals surface area contributed by atoms with Gasteiger partial charge in [0.25, 0.3) is 0 Å². The Morgan fingerprint density at radius 2 is 1.74 bits per heavy atom. The fourth-order valence-corrected chi connectivity index (χ4v) is 3.18. The molecule has 0 atom stereocenters. The molecule has 0 unspecified atom stereocenters. The Labute approximate surface area is 145 Å². The zero-order chi connectivity index (χ0) is 16.4. The van der Waals surface area contributed by atoms with Crippen LogP contribution < -0.4 is 0 Å². The Bertz CT molecular complexity index is 825. The maximum Gasteiger partial charge on any atom is 0.196 e. The first-order chi connectivity index (χ1) is 11.1. The van der Waals surface area contributed by atoms with Gasteiger partial charge in [0.2, 0.25) is 0 Å². The van der Waals surface area contributed by atoms with Crippen LogP contribution in [0.25, 0.3) is 17.1 Å². The highest BCUT2D eigenvalue weighted by Gasteiger charge is 2.16. The van der Waals surface area contributed by atoms with Crippen molar-refractivity contribution in [3.63, 3.8) is 0 Å². The molecule has 0 aliphatic rings. The third-order valence-electron chi connectivity index (χ3n) is 3.76. The SMILES string of the molecule is CCSc1nnc(-c2ccc(Cl)cc2)n1-c1ccc(C)c(C)c1. The molecule has 0 fully saturated rings. The lowest BCUT2D eigenvalue weighted by molar-refractivity contribution is 0.885. The molecule has 0 aliphatic heterocycles. The molecule has 0 radical (unpaired) electrons. The van der Waals surface area contributed by atoms with Gasteiger partial charge in [0, 0.05) is 10.6 Å². The zero-order valence-electron chi connectivity index (χ0n) is 13.4. The summed E-state index contributed by atoms with van der Waals surface area (Å²) in [6.45, 7) is 6.36. The molecule has 2 aromatic carbocycles. The maximum atomic E-state index is 6.00. The lowest BCUT2D eigenvalue weighted by Gasteiger charge is -2.12. The highest BCUT2D eigenvalue weighted by atomic mass is 35.5. The molecule has 0 aliphatic carbocycles. The summed E-state index contributed by atoms with van der Waals surface area (Å²) in [7, 11) is 0. The zero-order valence-corrected chi connectivity index (χ0v) is 14.9. The van der Waals surface area contributed by atoms with Gasteiger partial charge in [-0.3, -0.25) is 4.57 Å². The molecule has 0 saturated heterocycles. The van der Waals surface area contributed by atoms with Gasteiger partial charge in [-0.2, -0.15) is 0 Å². The summed E-state index contributed by atoms with van der Waals surface area (Å²) in [6.07, 6.45) is 0. The van der Waals surface area contributed by atoms with E-state index < -0.39 is 0 Å². The Hall–Kier alpha value is -1.78. The summed E-state index contributed by atoms with van der Waals surface area (Å²) in [6, 6.07) is 14.1. The first-order valence-electron chi connectivity index (χ1n) is 7.52. The van der Waals surface area contributed by atoms with E-state index >= 15 is 0 Å². The summed E-state index contributed by atoms with van der Waals surface area (Å²) >= 11 is 7.69. The molecule has 0 spiro atoms. The van der Waals surface area contributed by atoms with E-state index in [0.717, 1.165) is 28.0 Å². The summed E-state index contributed by atoms with van der Waals surface area (Å²) in [5, 5.41) is 10.4. The van der Waals surface area contributed by atoms with Crippen LogP contribution in [0.2, 0.25) is 5.02 Å². The van der Waals surface area contributed by atoms with Crippen molar-refractivity contribution in [3.05, 3.63) is 58.6 Å². The smallest absolute Gasteiger partial charge is 0.196 e. The van der Waals surface area contributed by atoms with Crippen molar-refractivity contribution < 1.29 is 0 Å². The van der Waals surface area contributed by atoms with E-state index in [1.165, 1.54) is 11.1 Å². The molecule has 0 saturated carbocycles. The van der Waals surface area contributed by atoms with Gasteiger partial charge in [-0.25, -0.2) is 0 Å². The van der Waals surface area contributed by atoms with Crippen LogP contribution in [0.1, 0.15) is 18.1 Å². The Morgan fingerprint density at radius 3 is 2.39 bits per heavy atom. The Balaban J connectivity index is 2.17. The molecule has 23 heavy (non-hydrogen) atoms. The number of hydrogen-bond donors (Lipinski definition) is 0. The molecule has 5 heteroatoms. The van der Waals surface area contributed by atoms with Crippen molar-refractivity contribution in [3.8, 4) is 17.1 Å². The van der Waals surface area contributed by atoms with Gasteiger partial charge in [0.05, 0.1) is 5.69 Å². The lowest BCUT2D eigenvalue weighted by atomic mass is 10.1. The molecular formula is C18H18ClN3S. The van der Waals surface area contributed by atoms with E-state index in [1.807, 2.05) is 24.3 Å². The monoisotopic (exact) mass is 343 g/mol. The average molecular weight is 344 g/mol. The number of thioether (sulfide) groups is 1. The standard InChI is InChI=1S/C18H18ClN3S/c1-4-23-18-21-20-17(14-6-8-15(19)9-7-14)22(18)16-10-5-12(2)13(3)11-16/h5-11H,4H2,1-3H3. The highest BCUT2D eigenvalue weighted by Crippen LogP contribution is 2.29. The molecule has 0 N–H and O–H groups in total. The van der Waals surface area contributed by atoms with E-state index in [1.54, 1.807) is 11.8 Å². The van der Waals surface area contributed by atoms with Crippen molar-refractivity contribution >= 4 is 23.4 Å². The molecule has 3 rings (SSSR count). The van der Waals surface area contributed by atoms with Crippen molar-refractivity contribution in [2.75, 3.05) is 5.75 Å². The first-order valence-corrected chi connectivity index (χ1v) is 8.88. The van der Waals surface area contributed by atoms with Gasteiger partial charge < -0.3 is 0 Å². The minimum absolute atomic E-state index is 0.717. The van der Waals surface area contributed by atoms with E-state index in [4.69, 9.17) is 11.6 Å². The van der Waals surface area contributed by atoms with Crippen molar-refractivity contribution in [2.45, 2.75) is 25.9 Å². The van der Waals surface area contributed by atoms with Crippen molar-refractivity contribution in [1.29, 1.82) is 0 Å². The normalized spacial score (nSPS) is 11.0. The Kier molecular flexibility index (Phi) is 4.74. The quantitative estimate of drug-likeness (QED) is 0.601. The molecule has 1 aromatic heterocycles. The van der Waals surface area contributed by atoms with Crippen LogP contribution in [0.5, 0.6) is 0 Å². The summed E-state index contributed by atoms with van der Waals surface area (Å²) in [4.78, 5) is 0. The topological polar surface area (TPSA) is 30.7 Å². The van der Waals surface area contributed by atoms with Gasteiger partial charge in [-0.15, -0.1) is 10.2 Å². The van der Waals surface area contributed by atoms with E-state index in [0.29, 0.717) is 5.02 Å². The van der Waals surface area contributed by atoms with Gasteiger partial charge in [-0.05, 0) is 67.1 Å². The minimum Gasteiger partial charge on any atom is -0.270 e. The number of nitrogens with zero attached hydrogens (tertiary/aromatic N) is 3. The summed E-state index contributed by atoms with van der Waals surface area (Å²) in [5.41, 5.74) is 4.62. The second kappa shape index (κ2) is 6.77. The number of aromatic nitrogens is 3. The molecule has 1 heterocycles. The molecule has 3 nitrogen and oxygen atoms in total. The van der Waals surface area contributed by atoms with Crippen LogP contribution in [0.15, 0.2) is 47.6 Å².